The van der Waals surface area contributed by atoms with Crippen LogP contribution < -0.4 is 0 Å². The minimum Gasteiger partial charge on any atom is -0.393 e. The normalized spacial score (nSPS) is 36.4. The summed E-state index contributed by atoms with van der Waals surface area (Å²) in [6, 6.07) is 0. The molecule has 3 nitrogen and oxygen atoms in total. The Balaban J connectivity index is 2.42. The first kappa shape index (κ1) is 18.4. The molecule has 0 bridgehead atoms. The van der Waals surface area contributed by atoms with Crippen molar-refractivity contribution in [3.8, 4) is 0 Å². The largest absolute Gasteiger partial charge is 0.393 e. The van der Waals surface area contributed by atoms with Crippen LogP contribution in [0.4, 0.5) is 0 Å². The molecule has 0 aromatic heterocycles. The topological polar surface area (TPSA) is 57.5 Å². The number of aliphatic hydroxyl groups excluding tert-OH is 1. The Morgan fingerprint density at radius 2 is 1.96 bits per heavy atom. The van der Waals surface area contributed by atoms with E-state index in [1.54, 1.807) is 13.0 Å². The zero-order valence-electron chi connectivity index (χ0n) is 15.3. The van der Waals surface area contributed by atoms with Crippen LogP contribution in [0.25, 0.3) is 0 Å². The number of ketones is 1. The zero-order chi connectivity index (χ0) is 17.6. The Labute approximate surface area is 140 Å². The number of carbonyl (C=O) groups excluding carboxylic acids is 1. The highest BCUT2D eigenvalue weighted by atomic mass is 16.3. The van der Waals surface area contributed by atoms with E-state index in [1.165, 1.54) is 0 Å². The van der Waals surface area contributed by atoms with E-state index in [0.717, 1.165) is 17.6 Å². The minimum atomic E-state index is -0.928. The average Bonchev–Trinajstić information content (AvgIpc) is 2.40. The van der Waals surface area contributed by atoms with Crippen LogP contribution in [-0.4, -0.2) is 27.7 Å². The molecule has 2 rings (SSSR count). The van der Waals surface area contributed by atoms with Crippen molar-refractivity contribution in [3.05, 3.63) is 23.8 Å². The summed E-state index contributed by atoms with van der Waals surface area (Å²) in [5.41, 5.74) is 0.814. The number of carbonyl (C=O) groups is 1. The maximum Gasteiger partial charge on any atom is 0.158 e. The standard InChI is InChI=1S/C20H32O3/c1-7-19(5,23)9-8-15-13(2)16(22)10-17-18(3,4)11-14(21)12-20(15,17)6/h7,14,17,21,23H,1,8-12H2,2-6H3. The molecule has 0 aliphatic heterocycles. The summed E-state index contributed by atoms with van der Waals surface area (Å²) < 4.78 is 0. The van der Waals surface area contributed by atoms with E-state index >= 15 is 0 Å². The van der Waals surface area contributed by atoms with Gasteiger partial charge in [0.05, 0.1) is 11.7 Å². The fourth-order valence-corrected chi connectivity index (χ4v) is 5.04. The maximum atomic E-state index is 12.6. The third-order valence-corrected chi connectivity index (χ3v) is 6.40. The van der Waals surface area contributed by atoms with E-state index in [9.17, 15) is 15.0 Å². The van der Waals surface area contributed by atoms with Gasteiger partial charge < -0.3 is 10.2 Å². The van der Waals surface area contributed by atoms with Gasteiger partial charge in [0.1, 0.15) is 0 Å². The van der Waals surface area contributed by atoms with E-state index in [0.29, 0.717) is 25.7 Å². The second-order valence-electron chi connectivity index (χ2n) is 8.81. The highest BCUT2D eigenvalue weighted by Gasteiger charge is 2.54. The Bertz CT molecular complexity index is 541. The molecule has 0 spiro atoms. The molecule has 0 aromatic rings. The Morgan fingerprint density at radius 3 is 2.52 bits per heavy atom. The number of Topliss-reactive ketones (excluding diaryl/α,β-unsaturated/α-hetero) is 1. The van der Waals surface area contributed by atoms with Crippen LogP contribution >= 0.6 is 0 Å². The molecule has 0 saturated heterocycles. The molecule has 2 aliphatic rings. The van der Waals surface area contributed by atoms with Crippen LogP contribution in [0.3, 0.4) is 0 Å². The Morgan fingerprint density at radius 1 is 1.35 bits per heavy atom. The van der Waals surface area contributed by atoms with Gasteiger partial charge in [-0.1, -0.05) is 32.4 Å². The van der Waals surface area contributed by atoms with Crippen LogP contribution in [0.2, 0.25) is 0 Å². The van der Waals surface area contributed by atoms with Crippen molar-refractivity contribution in [1.82, 2.24) is 0 Å². The maximum absolute atomic E-state index is 12.6. The van der Waals surface area contributed by atoms with Gasteiger partial charge in [-0.05, 0) is 61.9 Å². The van der Waals surface area contributed by atoms with Gasteiger partial charge >= 0.3 is 0 Å². The molecular formula is C20H32O3. The molecule has 0 aromatic carbocycles. The van der Waals surface area contributed by atoms with Gasteiger partial charge in [0, 0.05) is 6.42 Å². The van der Waals surface area contributed by atoms with E-state index in [4.69, 9.17) is 0 Å². The highest BCUT2D eigenvalue weighted by Crippen LogP contribution is 2.59. The quantitative estimate of drug-likeness (QED) is 0.775. The SMILES string of the molecule is C=CC(C)(O)CCC1=C(C)C(=O)CC2C(C)(C)CC(O)CC12C. The number of fused-ring (bicyclic) bond motifs is 1. The lowest BCUT2D eigenvalue weighted by atomic mass is 9.49. The monoisotopic (exact) mass is 320 g/mol. The Hall–Kier alpha value is -0.930. The average molecular weight is 320 g/mol. The van der Waals surface area contributed by atoms with Crippen LogP contribution in [0.15, 0.2) is 23.8 Å². The highest BCUT2D eigenvalue weighted by molar-refractivity contribution is 5.97. The second-order valence-corrected chi connectivity index (χ2v) is 8.81. The summed E-state index contributed by atoms with van der Waals surface area (Å²) in [4.78, 5) is 12.6. The van der Waals surface area contributed by atoms with Crippen molar-refractivity contribution in [1.29, 1.82) is 0 Å². The van der Waals surface area contributed by atoms with E-state index in [2.05, 4.69) is 27.4 Å². The van der Waals surface area contributed by atoms with Gasteiger partial charge in [0.15, 0.2) is 5.78 Å². The molecule has 2 aliphatic carbocycles. The first-order valence-corrected chi connectivity index (χ1v) is 8.70. The fraction of sp³-hybridized carbons (Fsp3) is 0.750. The summed E-state index contributed by atoms with van der Waals surface area (Å²) in [6.45, 7) is 13.9. The lowest BCUT2D eigenvalue weighted by Crippen LogP contribution is -2.51. The molecule has 4 atom stereocenters. The number of allylic oxidation sites excluding steroid dienone is 2. The number of rotatable bonds is 4. The summed E-state index contributed by atoms with van der Waals surface area (Å²) in [6.07, 6.45) is 4.48. The molecule has 3 heteroatoms. The van der Waals surface area contributed by atoms with Gasteiger partial charge in [-0.15, -0.1) is 6.58 Å². The van der Waals surface area contributed by atoms with E-state index in [-0.39, 0.29) is 28.6 Å². The predicted octanol–water partition coefficient (Wildman–Crippen LogP) is 3.80. The third-order valence-electron chi connectivity index (χ3n) is 6.40. The predicted molar refractivity (Wildman–Crippen MR) is 93.0 cm³/mol. The molecular weight excluding hydrogens is 288 g/mol. The summed E-state index contributed by atoms with van der Waals surface area (Å²) in [5.74, 6) is 0.475. The van der Waals surface area contributed by atoms with Crippen LogP contribution in [0, 0.1) is 16.7 Å². The smallest absolute Gasteiger partial charge is 0.158 e. The van der Waals surface area contributed by atoms with E-state index < -0.39 is 5.60 Å². The zero-order valence-corrected chi connectivity index (χ0v) is 15.3. The minimum absolute atomic E-state index is 0.0605. The fourth-order valence-electron chi connectivity index (χ4n) is 5.04. The first-order chi connectivity index (χ1) is 10.4. The first-order valence-electron chi connectivity index (χ1n) is 8.70. The lowest BCUT2D eigenvalue weighted by molar-refractivity contribution is -0.125. The summed E-state index contributed by atoms with van der Waals surface area (Å²) >= 11 is 0. The van der Waals surface area contributed by atoms with Gasteiger partial charge in [-0.2, -0.15) is 0 Å². The van der Waals surface area contributed by atoms with Gasteiger partial charge in [0.2, 0.25) is 0 Å². The van der Waals surface area contributed by atoms with Crippen molar-refractivity contribution >= 4 is 5.78 Å². The second kappa shape index (κ2) is 5.86. The van der Waals surface area contributed by atoms with Crippen LogP contribution in [0.5, 0.6) is 0 Å². The molecule has 0 amide bonds. The van der Waals surface area contributed by atoms with Gasteiger partial charge in [-0.25, -0.2) is 0 Å². The number of hydrogen-bond donors (Lipinski definition) is 2. The molecule has 0 radical (unpaired) electrons. The van der Waals surface area contributed by atoms with Gasteiger partial charge in [-0.3, -0.25) is 4.79 Å². The van der Waals surface area contributed by atoms with Crippen LogP contribution in [0.1, 0.15) is 66.7 Å². The molecule has 1 saturated carbocycles. The van der Waals surface area contributed by atoms with Crippen LogP contribution in [-0.2, 0) is 4.79 Å². The molecule has 1 fully saturated rings. The third kappa shape index (κ3) is 3.32. The molecule has 4 unspecified atom stereocenters. The molecule has 0 heterocycles. The van der Waals surface area contributed by atoms with Crippen molar-refractivity contribution in [2.75, 3.05) is 0 Å². The summed E-state index contributed by atoms with van der Waals surface area (Å²) in [7, 11) is 0. The van der Waals surface area contributed by atoms with Crippen molar-refractivity contribution < 1.29 is 15.0 Å². The van der Waals surface area contributed by atoms with Crippen molar-refractivity contribution in [2.24, 2.45) is 16.7 Å². The molecule has 23 heavy (non-hydrogen) atoms. The van der Waals surface area contributed by atoms with Crippen molar-refractivity contribution in [2.45, 2.75) is 78.4 Å². The van der Waals surface area contributed by atoms with Crippen molar-refractivity contribution in [3.63, 3.8) is 0 Å². The summed E-state index contributed by atoms with van der Waals surface area (Å²) in [5, 5.41) is 20.7. The molecule has 130 valence electrons. The lowest BCUT2D eigenvalue weighted by Gasteiger charge is -2.56. The molecule has 2 N–H and O–H groups in total. The van der Waals surface area contributed by atoms with E-state index in [1.807, 2.05) is 6.92 Å². The van der Waals surface area contributed by atoms with Gasteiger partial charge in [0.25, 0.3) is 0 Å². The Kier molecular flexibility index (Phi) is 4.69. The number of hydrogen-bond acceptors (Lipinski definition) is 3. The number of aliphatic hydroxyl groups is 2.